The summed E-state index contributed by atoms with van der Waals surface area (Å²) in [6.45, 7) is 12.6. The van der Waals surface area contributed by atoms with E-state index in [1.54, 1.807) is 7.11 Å². The Morgan fingerprint density at radius 1 is 0.929 bits per heavy atom. The summed E-state index contributed by atoms with van der Waals surface area (Å²) in [5.74, 6) is 1.93. The summed E-state index contributed by atoms with van der Waals surface area (Å²) < 4.78 is 12.7. The number of aromatic nitrogens is 2. The normalized spacial score (nSPS) is 19.1. The minimum absolute atomic E-state index is 0.863. The van der Waals surface area contributed by atoms with Gasteiger partial charge in [0.25, 0.3) is 0 Å². The van der Waals surface area contributed by atoms with Gasteiger partial charge in [0.2, 0.25) is 0 Å². The second-order valence-electron chi connectivity index (χ2n) is 7.54. The van der Waals surface area contributed by atoms with Crippen molar-refractivity contribution in [2.45, 2.75) is 6.92 Å². The fourth-order valence-corrected chi connectivity index (χ4v) is 3.91. The molecule has 2 aromatic rings. The summed E-state index contributed by atoms with van der Waals surface area (Å²) in [4.78, 5) is 7.48. The van der Waals surface area contributed by atoms with Crippen molar-refractivity contribution in [2.24, 2.45) is 0 Å². The van der Waals surface area contributed by atoms with E-state index in [0.717, 1.165) is 88.5 Å². The molecule has 2 saturated heterocycles. The minimum atomic E-state index is 0.863. The summed E-state index contributed by atoms with van der Waals surface area (Å²) in [6.07, 6.45) is 0. The summed E-state index contributed by atoms with van der Waals surface area (Å²) >= 11 is 0. The molecular formula is C21H31N5O2. The Morgan fingerprint density at radius 3 is 2.21 bits per heavy atom. The van der Waals surface area contributed by atoms with Gasteiger partial charge in [-0.25, -0.2) is 4.68 Å². The molecule has 4 rings (SSSR count). The van der Waals surface area contributed by atoms with Crippen LogP contribution in [0.5, 0.6) is 5.75 Å². The van der Waals surface area contributed by atoms with E-state index >= 15 is 0 Å². The van der Waals surface area contributed by atoms with E-state index in [1.165, 1.54) is 0 Å². The predicted molar refractivity (Wildman–Crippen MR) is 111 cm³/mol. The van der Waals surface area contributed by atoms with Gasteiger partial charge in [-0.3, -0.25) is 9.80 Å². The third-order valence-electron chi connectivity index (χ3n) is 5.72. The van der Waals surface area contributed by atoms with Crippen molar-refractivity contribution in [3.63, 3.8) is 0 Å². The molecule has 2 aliphatic heterocycles. The molecule has 1 aromatic carbocycles. The number of morpholine rings is 1. The van der Waals surface area contributed by atoms with Crippen LogP contribution in [0.15, 0.2) is 30.3 Å². The van der Waals surface area contributed by atoms with Crippen LogP contribution in [0.25, 0.3) is 5.69 Å². The standard InChI is InChI=1S/C21H31N5O2/c1-18-17-21(22-26(18)19-3-5-20(27-2)6-4-19)25-11-9-23(10-12-25)7-8-24-13-15-28-16-14-24/h3-6,17H,7-16H2,1-2H3. The van der Waals surface area contributed by atoms with E-state index in [9.17, 15) is 0 Å². The molecule has 28 heavy (non-hydrogen) atoms. The molecule has 3 heterocycles. The van der Waals surface area contributed by atoms with Gasteiger partial charge in [-0.2, -0.15) is 5.10 Å². The molecule has 0 saturated carbocycles. The van der Waals surface area contributed by atoms with Crippen molar-refractivity contribution in [3.8, 4) is 11.4 Å². The number of methoxy groups -OCH3 is 1. The van der Waals surface area contributed by atoms with Crippen molar-refractivity contribution in [2.75, 3.05) is 77.6 Å². The maximum Gasteiger partial charge on any atom is 0.151 e. The number of piperazine rings is 1. The highest BCUT2D eigenvalue weighted by Crippen LogP contribution is 2.21. The summed E-state index contributed by atoms with van der Waals surface area (Å²) in [7, 11) is 1.69. The Hall–Kier alpha value is -2.09. The Kier molecular flexibility index (Phi) is 6.14. The van der Waals surface area contributed by atoms with Gasteiger partial charge >= 0.3 is 0 Å². The Bertz CT molecular complexity index is 747. The number of ether oxygens (including phenoxy) is 2. The van der Waals surface area contributed by atoms with Gasteiger partial charge in [0.15, 0.2) is 5.82 Å². The molecule has 0 bridgehead atoms. The SMILES string of the molecule is COc1ccc(-n2nc(N3CCN(CCN4CCOCC4)CC3)cc2C)cc1. The first-order valence-electron chi connectivity index (χ1n) is 10.2. The lowest BCUT2D eigenvalue weighted by atomic mass is 10.3. The number of benzene rings is 1. The van der Waals surface area contributed by atoms with Crippen molar-refractivity contribution < 1.29 is 9.47 Å². The average molecular weight is 386 g/mol. The van der Waals surface area contributed by atoms with Crippen molar-refractivity contribution >= 4 is 5.82 Å². The lowest BCUT2D eigenvalue weighted by Gasteiger charge is -2.36. The van der Waals surface area contributed by atoms with Crippen LogP contribution in [0.2, 0.25) is 0 Å². The van der Waals surface area contributed by atoms with Gasteiger partial charge in [0.05, 0.1) is 26.0 Å². The molecule has 0 unspecified atom stereocenters. The molecule has 0 atom stereocenters. The first-order chi connectivity index (χ1) is 13.7. The predicted octanol–water partition coefficient (Wildman–Crippen LogP) is 1.64. The molecule has 2 aliphatic rings. The van der Waals surface area contributed by atoms with Gasteiger partial charge < -0.3 is 14.4 Å². The molecule has 7 heteroatoms. The van der Waals surface area contributed by atoms with E-state index < -0.39 is 0 Å². The van der Waals surface area contributed by atoms with Crippen LogP contribution in [-0.2, 0) is 4.74 Å². The number of anilines is 1. The second kappa shape index (κ2) is 8.94. The van der Waals surface area contributed by atoms with Crippen molar-refractivity contribution in [1.29, 1.82) is 0 Å². The smallest absolute Gasteiger partial charge is 0.151 e. The van der Waals surface area contributed by atoms with Crippen LogP contribution in [0.3, 0.4) is 0 Å². The quantitative estimate of drug-likeness (QED) is 0.754. The van der Waals surface area contributed by atoms with Gasteiger partial charge in [-0.1, -0.05) is 0 Å². The first kappa shape index (κ1) is 19.2. The molecule has 152 valence electrons. The summed E-state index contributed by atoms with van der Waals surface area (Å²) in [6, 6.07) is 10.2. The van der Waals surface area contributed by atoms with E-state index in [0.29, 0.717) is 0 Å². The second-order valence-corrected chi connectivity index (χ2v) is 7.54. The zero-order chi connectivity index (χ0) is 19.3. The zero-order valence-corrected chi connectivity index (χ0v) is 17.0. The molecular weight excluding hydrogens is 354 g/mol. The lowest BCUT2D eigenvalue weighted by Crippen LogP contribution is -2.49. The van der Waals surface area contributed by atoms with E-state index in [1.807, 2.05) is 28.9 Å². The Labute approximate surface area is 167 Å². The highest BCUT2D eigenvalue weighted by Gasteiger charge is 2.21. The van der Waals surface area contributed by atoms with Gasteiger partial charge in [0.1, 0.15) is 5.75 Å². The minimum Gasteiger partial charge on any atom is -0.497 e. The molecule has 1 aromatic heterocycles. The van der Waals surface area contributed by atoms with Crippen molar-refractivity contribution in [1.82, 2.24) is 19.6 Å². The summed E-state index contributed by atoms with van der Waals surface area (Å²) in [5.41, 5.74) is 2.21. The number of nitrogens with zero attached hydrogens (tertiary/aromatic N) is 5. The third-order valence-corrected chi connectivity index (χ3v) is 5.72. The van der Waals surface area contributed by atoms with Gasteiger partial charge in [-0.05, 0) is 31.2 Å². The summed E-state index contributed by atoms with van der Waals surface area (Å²) in [5, 5.41) is 4.86. The van der Waals surface area contributed by atoms with Crippen LogP contribution in [0.4, 0.5) is 5.82 Å². The van der Waals surface area contributed by atoms with E-state index in [4.69, 9.17) is 14.6 Å². The molecule has 0 amide bonds. The van der Waals surface area contributed by atoms with Crippen LogP contribution < -0.4 is 9.64 Å². The maximum absolute atomic E-state index is 5.43. The molecule has 2 fully saturated rings. The average Bonchev–Trinajstić information content (AvgIpc) is 3.15. The number of rotatable bonds is 6. The van der Waals surface area contributed by atoms with Crippen LogP contribution in [0.1, 0.15) is 5.69 Å². The fourth-order valence-electron chi connectivity index (χ4n) is 3.91. The van der Waals surface area contributed by atoms with Crippen LogP contribution in [-0.4, -0.2) is 92.3 Å². The van der Waals surface area contributed by atoms with Crippen LogP contribution in [0, 0.1) is 6.92 Å². The zero-order valence-electron chi connectivity index (χ0n) is 17.0. The van der Waals surface area contributed by atoms with Gasteiger partial charge in [-0.15, -0.1) is 0 Å². The Morgan fingerprint density at radius 2 is 1.57 bits per heavy atom. The maximum atomic E-state index is 5.43. The molecule has 0 N–H and O–H groups in total. The number of aryl methyl sites for hydroxylation is 1. The van der Waals surface area contributed by atoms with E-state index in [2.05, 4.69) is 27.7 Å². The molecule has 7 nitrogen and oxygen atoms in total. The number of hydrogen-bond acceptors (Lipinski definition) is 6. The Balaban J connectivity index is 1.32. The van der Waals surface area contributed by atoms with Gasteiger partial charge in [0, 0.05) is 64.1 Å². The van der Waals surface area contributed by atoms with Crippen molar-refractivity contribution in [3.05, 3.63) is 36.0 Å². The molecule has 0 radical (unpaired) electrons. The van der Waals surface area contributed by atoms with Crippen LogP contribution >= 0.6 is 0 Å². The highest BCUT2D eigenvalue weighted by atomic mass is 16.5. The fraction of sp³-hybridized carbons (Fsp3) is 0.571. The topological polar surface area (TPSA) is 46.0 Å². The first-order valence-corrected chi connectivity index (χ1v) is 10.2. The van der Waals surface area contributed by atoms with E-state index in [-0.39, 0.29) is 0 Å². The highest BCUT2D eigenvalue weighted by molar-refractivity contribution is 5.45. The lowest BCUT2D eigenvalue weighted by molar-refractivity contribution is 0.0331. The monoisotopic (exact) mass is 385 g/mol. The largest absolute Gasteiger partial charge is 0.497 e. The third kappa shape index (κ3) is 4.48. The molecule has 0 spiro atoms. The molecule has 0 aliphatic carbocycles. The number of hydrogen-bond donors (Lipinski definition) is 0.